The molecule has 5 heteroatoms. The molecule has 14 heavy (non-hydrogen) atoms. The van der Waals surface area contributed by atoms with Crippen molar-refractivity contribution in [2.45, 2.75) is 13.3 Å². The van der Waals surface area contributed by atoms with Crippen LogP contribution in [0.3, 0.4) is 0 Å². The van der Waals surface area contributed by atoms with Gasteiger partial charge in [0.25, 0.3) is 0 Å². The lowest BCUT2D eigenvalue weighted by Gasteiger charge is -2.06. The van der Waals surface area contributed by atoms with Gasteiger partial charge in [0.05, 0.1) is 6.61 Å². The highest BCUT2D eigenvalue weighted by Crippen LogP contribution is 2.12. The Hall–Kier alpha value is -1.36. The Bertz CT molecular complexity index is 291. The summed E-state index contributed by atoms with van der Waals surface area (Å²) >= 11 is 0. The Morgan fingerprint density at radius 2 is 2.29 bits per heavy atom. The first-order valence-corrected chi connectivity index (χ1v) is 4.53. The molecule has 0 aliphatic rings. The minimum absolute atomic E-state index is 0.128. The molecule has 0 amide bonds. The molecule has 0 spiro atoms. The highest BCUT2D eigenvalue weighted by molar-refractivity contribution is 5.37. The summed E-state index contributed by atoms with van der Waals surface area (Å²) in [6.45, 7) is 2.40. The normalized spacial score (nSPS) is 9.93. The zero-order valence-electron chi connectivity index (χ0n) is 8.45. The van der Waals surface area contributed by atoms with Crippen LogP contribution in [0, 0.1) is 6.92 Å². The van der Waals surface area contributed by atoms with Gasteiger partial charge in [-0.2, -0.15) is 4.98 Å². The van der Waals surface area contributed by atoms with E-state index < -0.39 is 0 Å². The van der Waals surface area contributed by atoms with E-state index in [9.17, 15) is 0 Å². The lowest BCUT2D eigenvalue weighted by atomic mass is 10.5. The van der Waals surface area contributed by atoms with Crippen molar-refractivity contribution in [2.75, 3.05) is 25.6 Å². The van der Waals surface area contributed by atoms with Gasteiger partial charge < -0.3 is 15.2 Å². The minimum atomic E-state index is 0.128. The second kappa shape index (κ2) is 5.39. The second-order valence-corrected chi connectivity index (χ2v) is 2.81. The number of ether oxygens (including phenoxy) is 1. The van der Waals surface area contributed by atoms with E-state index in [2.05, 4.69) is 15.3 Å². The summed E-state index contributed by atoms with van der Waals surface area (Å²) in [6.07, 6.45) is 0.609. The van der Waals surface area contributed by atoms with E-state index in [0.717, 1.165) is 5.82 Å². The third-order valence-corrected chi connectivity index (χ3v) is 1.62. The third kappa shape index (κ3) is 3.18. The Kier molecular flexibility index (Phi) is 4.12. The minimum Gasteiger partial charge on any atom is -0.477 e. The van der Waals surface area contributed by atoms with Gasteiger partial charge in [0.2, 0.25) is 5.88 Å². The molecule has 1 rings (SSSR count). The number of anilines is 1. The second-order valence-electron chi connectivity index (χ2n) is 2.81. The molecule has 2 N–H and O–H groups in total. The van der Waals surface area contributed by atoms with Crippen molar-refractivity contribution in [1.29, 1.82) is 0 Å². The number of aliphatic hydroxyl groups excluding tert-OH is 1. The van der Waals surface area contributed by atoms with Crippen molar-refractivity contribution >= 4 is 5.82 Å². The molecule has 1 aromatic rings. The standard InChI is InChI=1S/C9H15N3O2/c1-7-11-8(10-2)6-9(12-7)14-5-3-4-13/h6,13H,3-5H2,1-2H3,(H,10,11,12). The number of aryl methyl sites for hydroxylation is 1. The van der Waals surface area contributed by atoms with Crippen LogP contribution in [0.1, 0.15) is 12.2 Å². The van der Waals surface area contributed by atoms with Gasteiger partial charge in [-0.05, 0) is 6.92 Å². The zero-order chi connectivity index (χ0) is 10.4. The average Bonchev–Trinajstić information content (AvgIpc) is 2.17. The Labute approximate surface area is 83.2 Å². The summed E-state index contributed by atoms with van der Waals surface area (Å²) in [5, 5.41) is 11.5. The molecule has 0 fully saturated rings. The van der Waals surface area contributed by atoms with Crippen LogP contribution in [0.5, 0.6) is 5.88 Å². The summed E-state index contributed by atoms with van der Waals surface area (Å²) in [4.78, 5) is 8.23. The first-order valence-electron chi connectivity index (χ1n) is 4.53. The van der Waals surface area contributed by atoms with Gasteiger partial charge in [-0.25, -0.2) is 4.98 Å². The lowest BCUT2D eigenvalue weighted by Crippen LogP contribution is -2.04. The maximum atomic E-state index is 8.57. The summed E-state index contributed by atoms with van der Waals surface area (Å²) in [5.41, 5.74) is 0. The van der Waals surface area contributed by atoms with Gasteiger partial charge in [-0.3, -0.25) is 0 Å². The SMILES string of the molecule is CNc1cc(OCCCO)nc(C)n1. The molecule has 0 aliphatic heterocycles. The Morgan fingerprint density at radius 3 is 2.93 bits per heavy atom. The van der Waals surface area contributed by atoms with Gasteiger partial charge in [0.1, 0.15) is 11.6 Å². The maximum absolute atomic E-state index is 8.57. The monoisotopic (exact) mass is 197 g/mol. The van der Waals surface area contributed by atoms with Crippen molar-refractivity contribution in [1.82, 2.24) is 9.97 Å². The fourth-order valence-electron chi connectivity index (χ4n) is 0.984. The largest absolute Gasteiger partial charge is 0.477 e. The zero-order valence-corrected chi connectivity index (χ0v) is 8.45. The third-order valence-electron chi connectivity index (χ3n) is 1.62. The van der Waals surface area contributed by atoms with Crippen molar-refractivity contribution in [3.8, 4) is 5.88 Å². The van der Waals surface area contributed by atoms with Gasteiger partial charge in [0, 0.05) is 26.1 Å². The summed E-state index contributed by atoms with van der Waals surface area (Å²) in [7, 11) is 1.79. The van der Waals surface area contributed by atoms with Crippen LogP contribution in [-0.2, 0) is 0 Å². The molecule has 78 valence electrons. The van der Waals surface area contributed by atoms with E-state index in [1.165, 1.54) is 0 Å². The molecule has 0 aliphatic carbocycles. The summed E-state index contributed by atoms with van der Waals surface area (Å²) < 4.78 is 5.32. The fourth-order valence-corrected chi connectivity index (χ4v) is 0.984. The molecule has 0 radical (unpaired) electrons. The van der Waals surface area contributed by atoms with Crippen LogP contribution in [0.2, 0.25) is 0 Å². The Morgan fingerprint density at radius 1 is 1.50 bits per heavy atom. The van der Waals surface area contributed by atoms with E-state index in [1.807, 2.05) is 0 Å². The number of rotatable bonds is 5. The predicted octanol–water partition coefficient (Wildman–Crippen LogP) is 0.588. The van der Waals surface area contributed by atoms with Gasteiger partial charge in [-0.15, -0.1) is 0 Å². The lowest BCUT2D eigenvalue weighted by molar-refractivity contribution is 0.229. The number of hydrogen-bond acceptors (Lipinski definition) is 5. The van der Waals surface area contributed by atoms with Crippen LogP contribution in [0.4, 0.5) is 5.82 Å². The molecule has 0 bridgehead atoms. The molecule has 0 unspecified atom stereocenters. The van der Waals surface area contributed by atoms with Crippen LogP contribution in [0.25, 0.3) is 0 Å². The van der Waals surface area contributed by atoms with Gasteiger partial charge in [0.15, 0.2) is 0 Å². The smallest absolute Gasteiger partial charge is 0.218 e. The highest BCUT2D eigenvalue weighted by atomic mass is 16.5. The molecule has 0 saturated heterocycles. The maximum Gasteiger partial charge on any atom is 0.218 e. The first kappa shape index (κ1) is 10.7. The molecule has 0 atom stereocenters. The number of aliphatic hydroxyl groups is 1. The van der Waals surface area contributed by atoms with E-state index >= 15 is 0 Å². The van der Waals surface area contributed by atoms with Crippen LogP contribution in [0.15, 0.2) is 6.07 Å². The van der Waals surface area contributed by atoms with E-state index in [-0.39, 0.29) is 6.61 Å². The van der Waals surface area contributed by atoms with Crippen molar-refractivity contribution < 1.29 is 9.84 Å². The quantitative estimate of drug-likeness (QED) is 0.676. The average molecular weight is 197 g/mol. The van der Waals surface area contributed by atoms with Gasteiger partial charge in [-0.1, -0.05) is 0 Å². The van der Waals surface area contributed by atoms with Crippen LogP contribution >= 0.6 is 0 Å². The van der Waals surface area contributed by atoms with Crippen molar-refractivity contribution in [3.05, 3.63) is 11.9 Å². The number of hydrogen-bond donors (Lipinski definition) is 2. The van der Waals surface area contributed by atoms with Crippen LogP contribution in [-0.4, -0.2) is 35.3 Å². The topological polar surface area (TPSA) is 67.3 Å². The van der Waals surface area contributed by atoms with Crippen molar-refractivity contribution in [3.63, 3.8) is 0 Å². The van der Waals surface area contributed by atoms with Crippen LogP contribution < -0.4 is 10.1 Å². The number of nitrogens with zero attached hydrogens (tertiary/aromatic N) is 2. The predicted molar refractivity (Wildman–Crippen MR) is 53.5 cm³/mol. The van der Waals surface area contributed by atoms with E-state index in [4.69, 9.17) is 9.84 Å². The molecule has 0 aromatic carbocycles. The molecule has 0 saturated carbocycles. The molecule has 1 heterocycles. The molecular formula is C9H15N3O2. The molecule has 1 aromatic heterocycles. The number of aromatic nitrogens is 2. The number of nitrogens with one attached hydrogen (secondary N) is 1. The summed E-state index contributed by atoms with van der Waals surface area (Å²) in [6, 6.07) is 1.73. The van der Waals surface area contributed by atoms with E-state index in [0.29, 0.717) is 24.7 Å². The first-order chi connectivity index (χ1) is 6.76. The summed E-state index contributed by atoms with van der Waals surface area (Å²) in [5.74, 6) is 1.93. The molecular weight excluding hydrogens is 182 g/mol. The highest BCUT2D eigenvalue weighted by Gasteiger charge is 2.00. The van der Waals surface area contributed by atoms with Gasteiger partial charge >= 0.3 is 0 Å². The van der Waals surface area contributed by atoms with Crippen molar-refractivity contribution in [2.24, 2.45) is 0 Å². The van der Waals surface area contributed by atoms with E-state index in [1.54, 1.807) is 20.0 Å². The fraction of sp³-hybridized carbons (Fsp3) is 0.556. The Balaban J connectivity index is 2.62. The molecule has 5 nitrogen and oxygen atoms in total.